The number of halogens is 1. The number of alkyl halides is 1. The molecule has 1 amide bonds. The smallest absolute Gasteiger partial charge is 0.287 e. The number of carbonyl (C=O) groups is 1. The van der Waals surface area contributed by atoms with Crippen molar-refractivity contribution in [3.63, 3.8) is 0 Å². The molecule has 0 saturated carbocycles. The zero-order chi connectivity index (χ0) is 14.0. The number of nitrogens with one attached hydrogen (secondary N) is 1. The first-order valence-electron chi connectivity index (χ1n) is 6.38. The lowest BCUT2D eigenvalue weighted by atomic mass is 10.1. The molecular formula is C15H18ClNO2. The van der Waals surface area contributed by atoms with Crippen LogP contribution >= 0.6 is 11.6 Å². The SMILES string of the molecule is Cc1ccc2oc(C(=O)NC(C)C(C)CCl)cc2c1. The fourth-order valence-corrected chi connectivity index (χ4v) is 2.10. The van der Waals surface area contributed by atoms with Crippen LogP contribution in [0.25, 0.3) is 11.0 Å². The zero-order valence-corrected chi connectivity index (χ0v) is 12.1. The lowest BCUT2D eigenvalue weighted by Gasteiger charge is -2.18. The van der Waals surface area contributed by atoms with Crippen molar-refractivity contribution in [3.05, 3.63) is 35.6 Å². The Labute approximate surface area is 117 Å². The van der Waals surface area contributed by atoms with Crippen LogP contribution in [0, 0.1) is 12.8 Å². The van der Waals surface area contributed by atoms with Crippen molar-refractivity contribution in [3.8, 4) is 0 Å². The second-order valence-corrected chi connectivity index (χ2v) is 5.35. The number of benzene rings is 1. The Hall–Kier alpha value is -1.48. The molecule has 0 spiro atoms. The van der Waals surface area contributed by atoms with Crippen LogP contribution in [0.2, 0.25) is 0 Å². The molecule has 1 N–H and O–H groups in total. The molecule has 2 aromatic rings. The Morgan fingerprint density at radius 3 is 2.79 bits per heavy atom. The van der Waals surface area contributed by atoms with Gasteiger partial charge in [-0.15, -0.1) is 11.6 Å². The van der Waals surface area contributed by atoms with Crippen molar-refractivity contribution < 1.29 is 9.21 Å². The molecule has 0 saturated heterocycles. The number of aryl methyl sites for hydroxylation is 1. The maximum Gasteiger partial charge on any atom is 0.287 e. The van der Waals surface area contributed by atoms with Gasteiger partial charge >= 0.3 is 0 Å². The molecule has 1 aromatic heterocycles. The van der Waals surface area contributed by atoms with E-state index < -0.39 is 0 Å². The van der Waals surface area contributed by atoms with Crippen molar-refractivity contribution in [1.29, 1.82) is 0 Å². The second-order valence-electron chi connectivity index (χ2n) is 5.05. The summed E-state index contributed by atoms with van der Waals surface area (Å²) in [5.41, 5.74) is 1.87. The normalized spacial score (nSPS) is 14.3. The van der Waals surface area contributed by atoms with E-state index in [2.05, 4.69) is 5.32 Å². The van der Waals surface area contributed by atoms with Crippen molar-refractivity contribution in [2.75, 3.05) is 5.88 Å². The van der Waals surface area contributed by atoms with Crippen LogP contribution in [-0.4, -0.2) is 17.8 Å². The predicted molar refractivity (Wildman–Crippen MR) is 77.8 cm³/mol. The van der Waals surface area contributed by atoms with E-state index in [0.29, 0.717) is 11.6 Å². The fourth-order valence-electron chi connectivity index (χ4n) is 1.83. The summed E-state index contributed by atoms with van der Waals surface area (Å²) in [5, 5.41) is 3.85. The van der Waals surface area contributed by atoms with Gasteiger partial charge in [0.1, 0.15) is 5.58 Å². The third-order valence-electron chi connectivity index (χ3n) is 3.35. The van der Waals surface area contributed by atoms with Gasteiger partial charge in [0, 0.05) is 17.3 Å². The molecular weight excluding hydrogens is 262 g/mol. The molecule has 19 heavy (non-hydrogen) atoms. The molecule has 2 atom stereocenters. The maximum atomic E-state index is 12.1. The summed E-state index contributed by atoms with van der Waals surface area (Å²) in [6, 6.07) is 7.63. The first kappa shape index (κ1) is 13.9. The van der Waals surface area contributed by atoms with Gasteiger partial charge in [-0.05, 0) is 38.0 Å². The molecule has 2 rings (SSSR count). The Bertz CT molecular complexity index is 591. The summed E-state index contributed by atoms with van der Waals surface area (Å²) in [6.45, 7) is 5.95. The van der Waals surface area contributed by atoms with Crippen LogP contribution in [0.4, 0.5) is 0 Å². The van der Waals surface area contributed by atoms with E-state index in [1.165, 1.54) is 0 Å². The number of fused-ring (bicyclic) bond motifs is 1. The number of rotatable bonds is 4. The summed E-state index contributed by atoms with van der Waals surface area (Å²) in [6.07, 6.45) is 0. The fraction of sp³-hybridized carbons (Fsp3) is 0.400. The standard InChI is InChI=1S/C15H18ClNO2/c1-9-4-5-13-12(6-9)7-14(19-13)15(18)17-11(3)10(2)8-16/h4-7,10-11H,8H2,1-3H3,(H,17,18). The number of furan rings is 1. The van der Waals surface area contributed by atoms with Crippen LogP contribution < -0.4 is 5.32 Å². The highest BCUT2D eigenvalue weighted by molar-refractivity contribution is 6.18. The van der Waals surface area contributed by atoms with Crippen molar-refractivity contribution >= 4 is 28.5 Å². The van der Waals surface area contributed by atoms with Crippen LogP contribution in [0.3, 0.4) is 0 Å². The van der Waals surface area contributed by atoms with Gasteiger partial charge < -0.3 is 9.73 Å². The average Bonchev–Trinajstić information content (AvgIpc) is 2.80. The lowest BCUT2D eigenvalue weighted by Crippen LogP contribution is -2.37. The number of hydrogen-bond donors (Lipinski definition) is 1. The molecule has 0 aliphatic carbocycles. The molecule has 0 aliphatic heterocycles. The summed E-state index contributed by atoms with van der Waals surface area (Å²) in [5.74, 6) is 0.880. The predicted octanol–water partition coefficient (Wildman–Crippen LogP) is 3.73. The lowest BCUT2D eigenvalue weighted by molar-refractivity contribution is 0.0905. The van der Waals surface area contributed by atoms with Gasteiger partial charge in [-0.2, -0.15) is 0 Å². The van der Waals surface area contributed by atoms with Gasteiger partial charge in [0.15, 0.2) is 5.76 Å². The highest BCUT2D eigenvalue weighted by Crippen LogP contribution is 2.20. The Kier molecular flexibility index (Phi) is 4.15. The molecule has 2 unspecified atom stereocenters. The van der Waals surface area contributed by atoms with E-state index in [1.54, 1.807) is 6.07 Å². The average molecular weight is 280 g/mol. The largest absolute Gasteiger partial charge is 0.451 e. The van der Waals surface area contributed by atoms with Crippen molar-refractivity contribution in [2.45, 2.75) is 26.8 Å². The quantitative estimate of drug-likeness (QED) is 0.867. The Morgan fingerprint density at radius 2 is 2.11 bits per heavy atom. The summed E-state index contributed by atoms with van der Waals surface area (Å²) < 4.78 is 5.55. The molecule has 0 radical (unpaired) electrons. The van der Waals surface area contributed by atoms with E-state index in [9.17, 15) is 4.79 Å². The monoisotopic (exact) mass is 279 g/mol. The Balaban J connectivity index is 2.17. The summed E-state index contributed by atoms with van der Waals surface area (Å²) in [4.78, 5) is 12.1. The van der Waals surface area contributed by atoms with E-state index in [4.69, 9.17) is 16.0 Å². The maximum absolute atomic E-state index is 12.1. The topological polar surface area (TPSA) is 42.2 Å². The van der Waals surface area contributed by atoms with E-state index in [1.807, 2.05) is 39.0 Å². The van der Waals surface area contributed by atoms with Gasteiger partial charge in [-0.1, -0.05) is 18.6 Å². The highest BCUT2D eigenvalue weighted by atomic mass is 35.5. The second kappa shape index (κ2) is 5.66. The third-order valence-corrected chi connectivity index (χ3v) is 3.84. The van der Waals surface area contributed by atoms with E-state index >= 15 is 0 Å². The number of carbonyl (C=O) groups excluding carboxylic acids is 1. The molecule has 0 fully saturated rings. The van der Waals surface area contributed by atoms with Gasteiger partial charge in [-0.3, -0.25) is 4.79 Å². The molecule has 1 aromatic carbocycles. The first-order valence-corrected chi connectivity index (χ1v) is 6.91. The highest BCUT2D eigenvalue weighted by Gasteiger charge is 2.18. The minimum Gasteiger partial charge on any atom is -0.451 e. The summed E-state index contributed by atoms with van der Waals surface area (Å²) >= 11 is 5.78. The van der Waals surface area contributed by atoms with Gasteiger partial charge in [0.25, 0.3) is 5.91 Å². The van der Waals surface area contributed by atoms with Crippen molar-refractivity contribution in [1.82, 2.24) is 5.32 Å². The number of amides is 1. The van der Waals surface area contributed by atoms with Crippen LogP contribution in [0.5, 0.6) is 0 Å². The Morgan fingerprint density at radius 1 is 1.37 bits per heavy atom. The van der Waals surface area contributed by atoms with Crippen LogP contribution in [0.15, 0.2) is 28.7 Å². The molecule has 102 valence electrons. The van der Waals surface area contributed by atoms with Gasteiger partial charge in [-0.25, -0.2) is 0 Å². The molecule has 1 heterocycles. The first-order chi connectivity index (χ1) is 9.01. The minimum atomic E-state index is -0.196. The minimum absolute atomic E-state index is 0.0138. The third kappa shape index (κ3) is 3.10. The van der Waals surface area contributed by atoms with Crippen LogP contribution in [-0.2, 0) is 0 Å². The molecule has 3 nitrogen and oxygen atoms in total. The number of hydrogen-bond acceptors (Lipinski definition) is 2. The van der Waals surface area contributed by atoms with E-state index in [-0.39, 0.29) is 17.9 Å². The summed E-state index contributed by atoms with van der Waals surface area (Å²) in [7, 11) is 0. The van der Waals surface area contributed by atoms with E-state index in [0.717, 1.165) is 16.5 Å². The van der Waals surface area contributed by atoms with Gasteiger partial charge in [0.2, 0.25) is 0 Å². The van der Waals surface area contributed by atoms with Crippen molar-refractivity contribution in [2.24, 2.45) is 5.92 Å². The van der Waals surface area contributed by atoms with Crippen LogP contribution in [0.1, 0.15) is 30.0 Å². The zero-order valence-electron chi connectivity index (χ0n) is 11.4. The molecule has 0 bridgehead atoms. The molecule has 0 aliphatic rings. The molecule has 4 heteroatoms. The van der Waals surface area contributed by atoms with Gasteiger partial charge in [0.05, 0.1) is 0 Å².